The van der Waals surface area contributed by atoms with Crippen LogP contribution in [0.25, 0.3) is 5.78 Å². The molecule has 3 rings (SSSR count). The summed E-state index contributed by atoms with van der Waals surface area (Å²) in [4.78, 5) is 20.4. The maximum atomic E-state index is 12.1. The number of benzene rings is 1. The third-order valence-corrected chi connectivity index (χ3v) is 4.58. The molecule has 6 nitrogen and oxygen atoms in total. The van der Waals surface area contributed by atoms with Crippen molar-refractivity contribution in [3.05, 3.63) is 59.2 Å². The average molecular weight is 341 g/mol. The molecule has 0 bridgehead atoms. The van der Waals surface area contributed by atoms with Gasteiger partial charge in [0.25, 0.3) is 11.7 Å². The van der Waals surface area contributed by atoms with Crippen LogP contribution in [0.4, 0.5) is 0 Å². The predicted molar refractivity (Wildman–Crippen MR) is 95.2 cm³/mol. The number of hydrogen-bond donors (Lipinski definition) is 1. The van der Waals surface area contributed by atoms with E-state index in [9.17, 15) is 4.79 Å². The van der Waals surface area contributed by atoms with E-state index in [1.165, 1.54) is 11.1 Å². The average Bonchev–Trinajstić information content (AvgIpc) is 3.02. The van der Waals surface area contributed by atoms with E-state index in [2.05, 4.69) is 51.6 Å². The van der Waals surface area contributed by atoms with Crippen molar-refractivity contribution in [2.24, 2.45) is 0 Å². The number of fused-ring (bicyclic) bond motifs is 1. The van der Waals surface area contributed by atoms with Gasteiger partial charge in [0, 0.05) is 29.9 Å². The Morgan fingerprint density at radius 3 is 2.75 bits per heavy atom. The van der Waals surface area contributed by atoms with Gasteiger partial charge in [-0.15, -0.1) is 5.10 Å². The molecule has 2 heterocycles. The second kappa shape index (κ2) is 7.44. The van der Waals surface area contributed by atoms with Gasteiger partial charge in [-0.3, -0.25) is 4.79 Å². The van der Waals surface area contributed by atoms with Gasteiger partial charge in [-0.25, -0.2) is 9.50 Å². The van der Waals surface area contributed by atoms with Crippen LogP contribution in [0.5, 0.6) is 0 Å². The molecule has 0 saturated carbocycles. The highest BCUT2D eigenvalue weighted by molar-refractivity contribution is 7.98. The molecule has 0 aliphatic heterocycles. The summed E-state index contributed by atoms with van der Waals surface area (Å²) in [7, 11) is 0. The maximum Gasteiger partial charge on any atom is 0.291 e. The highest BCUT2D eigenvalue weighted by Crippen LogP contribution is 2.12. The molecule has 7 heteroatoms. The van der Waals surface area contributed by atoms with E-state index >= 15 is 0 Å². The summed E-state index contributed by atoms with van der Waals surface area (Å²) >= 11 is 1.78. The van der Waals surface area contributed by atoms with Crippen molar-refractivity contribution in [3.63, 3.8) is 0 Å². The molecule has 124 valence electrons. The first-order valence-corrected chi connectivity index (χ1v) is 8.89. The van der Waals surface area contributed by atoms with E-state index < -0.39 is 0 Å². The van der Waals surface area contributed by atoms with Crippen molar-refractivity contribution in [1.82, 2.24) is 24.9 Å². The molecule has 24 heavy (non-hydrogen) atoms. The summed E-state index contributed by atoms with van der Waals surface area (Å²) < 4.78 is 1.57. The fourth-order valence-corrected chi connectivity index (χ4v) is 3.01. The molecule has 0 aliphatic carbocycles. The monoisotopic (exact) mass is 341 g/mol. The van der Waals surface area contributed by atoms with Gasteiger partial charge in [0.05, 0.1) is 0 Å². The minimum absolute atomic E-state index is 0.153. The molecule has 1 aromatic carbocycles. The highest BCUT2D eigenvalue weighted by atomic mass is 32.2. The van der Waals surface area contributed by atoms with E-state index in [1.807, 2.05) is 13.0 Å². The highest BCUT2D eigenvalue weighted by Gasteiger charge is 2.13. The van der Waals surface area contributed by atoms with Crippen LogP contribution >= 0.6 is 11.8 Å². The third kappa shape index (κ3) is 3.91. The van der Waals surface area contributed by atoms with Gasteiger partial charge >= 0.3 is 0 Å². The fraction of sp³-hybridized carbons (Fsp3) is 0.294. The van der Waals surface area contributed by atoms with E-state index in [0.29, 0.717) is 12.3 Å². The van der Waals surface area contributed by atoms with Gasteiger partial charge in [0.15, 0.2) is 0 Å². The summed E-state index contributed by atoms with van der Waals surface area (Å²) in [6.45, 7) is 4.56. The first kappa shape index (κ1) is 16.4. The second-order valence-electron chi connectivity index (χ2n) is 5.53. The molecule has 1 amide bonds. The minimum Gasteiger partial charge on any atom is -0.348 e. The van der Waals surface area contributed by atoms with Crippen LogP contribution < -0.4 is 5.32 Å². The topological polar surface area (TPSA) is 72.2 Å². The van der Waals surface area contributed by atoms with Crippen LogP contribution in [0.2, 0.25) is 0 Å². The summed E-state index contributed by atoms with van der Waals surface area (Å²) in [6, 6.07) is 10.3. The lowest BCUT2D eigenvalue weighted by atomic mass is 10.2. The van der Waals surface area contributed by atoms with Crippen LogP contribution in [-0.4, -0.2) is 37.8 Å². The number of aryl methyl sites for hydroxylation is 2. The molecule has 1 N–H and O–H groups in total. The van der Waals surface area contributed by atoms with Gasteiger partial charge in [-0.05, 0) is 25.5 Å². The Balaban J connectivity index is 1.46. The van der Waals surface area contributed by atoms with Gasteiger partial charge in [0.1, 0.15) is 0 Å². The number of hydrogen-bond acceptors (Lipinski definition) is 5. The van der Waals surface area contributed by atoms with Crippen molar-refractivity contribution < 1.29 is 4.79 Å². The SMILES string of the molecule is Cc1ccc(CSCCNC(=O)c2nc3nccc(C)n3n2)cc1. The normalized spacial score (nSPS) is 10.9. The number of rotatable bonds is 6. The van der Waals surface area contributed by atoms with Crippen molar-refractivity contribution in [2.45, 2.75) is 19.6 Å². The Kier molecular flexibility index (Phi) is 5.10. The van der Waals surface area contributed by atoms with Crippen LogP contribution in [0.15, 0.2) is 36.5 Å². The lowest BCUT2D eigenvalue weighted by Gasteiger charge is -2.04. The molecular formula is C17H19N5OS. The zero-order valence-electron chi connectivity index (χ0n) is 13.7. The lowest BCUT2D eigenvalue weighted by Crippen LogP contribution is -2.26. The zero-order valence-corrected chi connectivity index (χ0v) is 14.5. The standard InChI is InChI=1S/C17H19N5OS/c1-12-3-5-14(6-4-12)11-24-10-9-18-16(23)15-20-17-19-8-7-13(2)22(17)21-15/h3-8H,9-11H2,1-2H3,(H,18,23). The zero-order chi connectivity index (χ0) is 16.9. The molecule has 2 aromatic heterocycles. The predicted octanol–water partition coefficient (Wildman–Crippen LogP) is 2.40. The van der Waals surface area contributed by atoms with Crippen molar-refractivity contribution in [2.75, 3.05) is 12.3 Å². The lowest BCUT2D eigenvalue weighted by molar-refractivity contribution is 0.0946. The van der Waals surface area contributed by atoms with E-state index in [-0.39, 0.29) is 11.7 Å². The van der Waals surface area contributed by atoms with Gasteiger partial charge in [-0.2, -0.15) is 16.7 Å². The number of carbonyl (C=O) groups is 1. The molecule has 0 atom stereocenters. The first-order valence-electron chi connectivity index (χ1n) is 7.73. The summed E-state index contributed by atoms with van der Waals surface area (Å²) in [5.41, 5.74) is 3.45. The number of amides is 1. The molecule has 0 unspecified atom stereocenters. The van der Waals surface area contributed by atoms with Crippen LogP contribution in [-0.2, 0) is 5.75 Å². The van der Waals surface area contributed by atoms with Crippen molar-refractivity contribution in [3.8, 4) is 0 Å². The second-order valence-corrected chi connectivity index (χ2v) is 6.63. The van der Waals surface area contributed by atoms with Gasteiger partial charge in [-0.1, -0.05) is 29.8 Å². The largest absolute Gasteiger partial charge is 0.348 e. The number of nitrogens with zero attached hydrogens (tertiary/aromatic N) is 4. The minimum atomic E-state index is -0.268. The van der Waals surface area contributed by atoms with E-state index in [0.717, 1.165) is 17.2 Å². The molecule has 0 spiro atoms. The van der Waals surface area contributed by atoms with Crippen LogP contribution in [0, 0.1) is 13.8 Å². The Hall–Kier alpha value is -2.41. The molecule has 3 aromatic rings. The molecule has 0 fully saturated rings. The first-order chi connectivity index (χ1) is 11.6. The number of thioether (sulfide) groups is 1. The maximum absolute atomic E-state index is 12.1. The Morgan fingerprint density at radius 1 is 1.21 bits per heavy atom. The van der Waals surface area contributed by atoms with Crippen molar-refractivity contribution in [1.29, 1.82) is 0 Å². The number of aromatic nitrogens is 4. The Morgan fingerprint density at radius 2 is 2.00 bits per heavy atom. The summed E-state index contributed by atoms with van der Waals surface area (Å²) in [6.07, 6.45) is 1.66. The Bertz CT molecular complexity index is 844. The van der Waals surface area contributed by atoms with Crippen molar-refractivity contribution >= 4 is 23.4 Å². The quantitative estimate of drug-likeness (QED) is 0.697. The molecule has 0 radical (unpaired) electrons. The summed E-state index contributed by atoms with van der Waals surface area (Å²) in [5.74, 6) is 2.10. The molecule has 0 saturated heterocycles. The van der Waals surface area contributed by atoms with Gasteiger partial charge in [0.2, 0.25) is 5.82 Å². The Labute approximate surface area is 144 Å². The third-order valence-electron chi connectivity index (χ3n) is 3.55. The fourth-order valence-electron chi connectivity index (χ4n) is 2.19. The van der Waals surface area contributed by atoms with E-state index in [4.69, 9.17) is 0 Å². The molecular weight excluding hydrogens is 322 g/mol. The van der Waals surface area contributed by atoms with Crippen LogP contribution in [0.3, 0.4) is 0 Å². The molecule has 0 aliphatic rings. The number of carbonyl (C=O) groups excluding carboxylic acids is 1. The summed E-state index contributed by atoms with van der Waals surface area (Å²) in [5, 5.41) is 7.04. The smallest absolute Gasteiger partial charge is 0.291 e. The van der Waals surface area contributed by atoms with E-state index in [1.54, 1.807) is 22.5 Å². The van der Waals surface area contributed by atoms with Gasteiger partial charge < -0.3 is 5.32 Å². The number of nitrogens with one attached hydrogen (secondary N) is 1. The van der Waals surface area contributed by atoms with Crippen LogP contribution in [0.1, 0.15) is 27.4 Å².